The van der Waals surface area contributed by atoms with Gasteiger partial charge in [-0.25, -0.2) is 12.8 Å². The normalized spacial score (nSPS) is 11.4. The van der Waals surface area contributed by atoms with Crippen LogP contribution in [-0.4, -0.2) is 45.1 Å². The molecule has 0 saturated carbocycles. The van der Waals surface area contributed by atoms with Crippen LogP contribution in [0.2, 0.25) is 0 Å². The second kappa shape index (κ2) is 8.77. The lowest BCUT2D eigenvalue weighted by molar-refractivity contribution is -0.116. The van der Waals surface area contributed by atoms with Gasteiger partial charge in [0, 0.05) is 12.2 Å². The first-order valence-corrected chi connectivity index (χ1v) is 9.76. The van der Waals surface area contributed by atoms with Gasteiger partial charge in [0.05, 0.1) is 19.9 Å². The first-order valence-electron chi connectivity index (χ1n) is 7.91. The van der Waals surface area contributed by atoms with Crippen LogP contribution in [0.4, 0.5) is 10.1 Å². The summed E-state index contributed by atoms with van der Waals surface area (Å²) in [5.74, 6) is -0.228. The lowest BCUT2D eigenvalue weighted by atomic mass is 10.1. The Morgan fingerprint density at radius 1 is 1.19 bits per heavy atom. The van der Waals surface area contributed by atoms with Crippen molar-refractivity contribution < 1.29 is 22.3 Å². The highest BCUT2D eigenvalue weighted by atomic mass is 32.2. The molecule has 2 rings (SSSR count). The molecule has 26 heavy (non-hydrogen) atoms. The van der Waals surface area contributed by atoms with Crippen LogP contribution in [0.5, 0.6) is 5.75 Å². The number of methoxy groups -OCH3 is 1. The smallest absolute Gasteiger partial charge is 0.239 e. The summed E-state index contributed by atoms with van der Waals surface area (Å²) >= 11 is 0. The fourth-order valence-corrected chi connectivity index (χ4v) is 3.11. The molecule has 0 fully saturated rings. The maximum atomic E-state index is 12.9. The summed E-state index contributed by atoms with van der Waals surface area (Å²) in [6, 6.07) is 12.6. The van der Waals surface area contributed by atoms with Crippen LogP contribution in [0.15, 0.2) is 48.5 Å². The molecule has 1 amide bonds. The second-order valence-electron chi connectivity index (χ2n) is 5.75. The summed E-state index contributed by atoms with van der Waals surface area (Å²) in [4.78, 5) is 12.1. The van der Waals surface area contributed by atoms with Crippen molar-refractivity contribution in [1.82, 2.24) is 4.31 Å². The molecule has 0 bridgehead atoms. The van der Waals surface area contributed by atoms with Crippen LogP contribution in [0.3, 0.4) is 0 Å². The van der Waals surface area contributed by atoms with Crippen LogP contribution < -0.4 is 10.1 Å². The molecule has 0 radical (unpaired) electrons. The van der Waals surface area contributed by atoms with Gasteiger partial charge in [0.1, 0.15) is 11.6 Å². The van der Waals surface area contributed by atoms with Gasteiger partial charge in [0.25, 0.3) is 0 Å². The minimum absolute atomic E-state index is 0.156. The standard InChI is InChI=1S/C18H21FN2O4S/c1-25-17-5-3-4-14(12-17)10-11-21(26(2,23)24)13-18(22)20-16-8-6-15(19)7-9-16/h3-9,12H,10-11,13H2,1-2H3,(H,20,22). The SMILES string of the molecule is COc1cccc(CCN(CC(=O)Nc2ccc(F)cc2)S(C)(=O)=O)c1. The molecule has 0 aliphatic carbocycles. The van der Waals surface area contributed by atoms with Gasteiger partial charge in [0.2, 0.25) is 15.9 Å². The molecule has 0 saturated heterocycles. The van der Waals surface area contributed by atoms with Crippen LogP contribution >= 0.6 is 0 Å². The predicted octanol–water partition coefficient (Wildman–Crippen LogP) is 2.28. The summed E-state index contributed by atoms with van der Waals surface area (Å²) < 4.78 is 43.1. The first-order chi connectivity index (χ1) is 12.3. The third-order valence-corrected chi connectivity index (χ3v) is 4.95. The van der Waals surface area contributed by atoms with Gasteiger partial charge >= 0.3 is 0 Å². The third kappa shape index (κ3) is 6.12. The molecule has 0 heterocycles. The highest BCUT2D eigenvalue weighted by molar-refractivity contribution is 7.88. The lowest BCUT2D eigenvalue weighted by Gasteiger charge is -2.19. The second-order valence-corrected chi connectivity index (χ2v) is 7.74. The van der Waals surface area contributed by atoms with Crippen molar-refractivity contribution in [3.05, 3.63) is 59.9 Å². The average molecular weight is 380 g/mol. The summed E-state index contributed by atoms with van der Waals surface area (Å²) in [6.45, 7) is -0.164. The van der Waals surface area contributed by atoms with E-state index in [9.17, 15) is 17.6 Å². The number of nitrogens with zero attached hydrogens (tertiary/aromatic N) is 1. The van der Waals surface area contributed by atoms with E-state index in [4.69, 9.17) is 4.74 Å². The topological polar surface area (TPSA) is 75.7 Å². The molecule has 0 unspecified atom stereocenters. The van der Waals surface area contributed by atoms with E-state index >= 15 is 0 Å². The van der Waals surface area contributed by atoms with Crippen molar-refractivity contribution >= 4 is 21.6 Å². The van der Waals surface area contributed by atoms with Crippen molar-refractivity contribution in [3.8, 4) is 5.75 Å². The van der Waals surface area contributed by atoms with Gasteiger partial charge in [-0.2, -0.15) is 4.31 Å². The Bertz CT molecular complexity index is 854. The Balaban J connectivity index is 2.00. The van der Waals surface area contributed by atoms with Crippen molar-refractivity contribution in [2.24, 2.45) is 0 Å². The number of hydrogen-bond donors (Lipinski definition) is 1. The van der Waals surface area contributed by atoms with Crippen LogP contribution in [-0.2, 0) is 21.2 Å². The Hall–Kier alpha value is -2.45. The number of anilines is 1. The van der Waals surface area contributed by atoms with E-state index < -0.39 is 21.7 Å². The third-order valence-electron chi connectivity index (χ3n) is 3.70. The van der Waals surface area contributed by atoms with E-state index in [2.05, 4.69) is 5.32 Å². The highest BCUT2D eigenvalue weighted by Gasteiger charge is 2.20. The molecule has 0 aromatic heterocycles. The summed E-state index contributed by atoms with van der Waals surface area (Å²) in [5, 5.41) is 2.56. The Morgan fingerprint density at radius 2 is 1.88 bits per heavy atom. The fourth-order valence-electron chi connectivity index (χ4n) is 2.34. The molecule has 2 aromatic carbocycles. The zero-order valence-corrected chi connectivity index (χ0v) is 15.4. The fraction of sp³-hybridized carbons (Fsp3) is 0.278. The highest BCUT2D eigenvalue weighted by Crippen LogP contribution is 2.14. The molecule has 6 nitrogen and oxygen atoms in total. The number of hydrogen-bond acceptors (Lipinski definition) is 4. The molecule has 1 N–H and O–H groups in total. The summed E-state index contributed by atoms with van der Waals surface area (Å²) in [7, 11) is -2.01. The number of amides is 1. The average Bonchev–Trinajstić information content (AvgIpc) is 2.59. The number of rotatable bonds is 8. The van der Waals surface area contributed by atoms with Crippen molar-refractivity contribution in [1.29, 1.82) is 0 Å². The van der Waals surface area contributed by atoms with Gasteiger partial charge in [-0.15, -0.1) is 0 Å². The minimum atomic E-state index is -3.56. The Labute approximate surface area is 152 Å². The number of ether oxygens (including phenoxy) is 1. The molecule has 140 valence electrons. The van der Waals surface area contributed by atoms with Gasteiger partial charge in [-0.3, -0.25) is 4.79 Å². The first kappa shape index (κ1) is 19.9. The van der Waals surface area contributed by atoms with E-state index in [0.29, 0.717) is 17.9 Å². The van der Waals surface area contributed by atoms with E-state index in [-0.39, 0.29) is 13.1 Å². The zero-order valence-electron chi connectivity index (χ0n) is 14.6. The number of nitrogens with one attached hydrogen (secondary N) is 1. The van der Waals surface area contributed by atoms with Crippen LogP contribution in [0.25, 0.3) is 0 Å². The van der Waals surface area contributed by atoms with Crippen LogP contribution in [0.1, 0.15) is 5.56 Å². The predicted molar refractivity (Wildman–Crippen MR) is 98.1 cm³/mol. The van der Waals surface area contributed by atoms with E-state index in [1.807, 2.05) is 18.2 Å². The van der Waals surface area contributed by atoms with Gasteiger partial charge in [-0.1, -0.05) is 12.1 Å². The summed E-state index contributed by atoms with van der Waals surface area (Å²) in [5.41, 5.74) is 1.30. The quantitative estimate of drug-likeness (QED) is 0.762. The number of carbonyl (C=O) groups is 1. The minimum Gasteiger partial charge on any atom is -0.497 e. The number of carbonyl (C=O) groups excluding carboxylic acids is 1. The number of benzene rings is 2. The van der Waals surface area contributed by atoms with Crippen molar-refractivity contribution in [2.45, 2.75) is 6.42 Å². The van der Waals surface area contributed by atoms with E-state index in [0.717, 1.165) is 16.1 Å². The number of halogens is 1. The largest absolute Gasteiger partial charge is 0.497 e. The van der Waals surface area contributed by atoms with E-state index in [1.165, 1.54) is 24.3 Å². The van der Waals surface area contributed by atoms with E-state index in [1.54, 1.807) is 13.2 Å². The Morgan fingerprint density at radius 3 is 2.50 bits per heavy atom. The van der Waals surface area contributed by atoms with Crippen LogP contribution in [0, 0.1) is 5.82 Å². The van der Waals surface area contributed by atoms with Crippen molar-refractivity contribution in [2.75, 3.05) is 31.8 Å². The molecular weight excluding hydrogens is 359 g/mol. The number of sulfonamides is 1. The maximum absolute atomic E-state index is 12.9. The molecular formula is C18H21FN2O4S. The van der Waals surface area contributed by atoms with Gasteiger partial charge in [-0.05, 0) is 48.4 Å². The molecule has 0 aliphatic heterocycles. The molecule has 0 spiro atoms. The van der Waals surface area contributed by atoms with Crippen molar-refractivity contribution in [3.63, 3.8) is 0 Å². The Kier molecular flexibility index (Phi) is 6.70. The molecule has 2 aromatic rings. The summed E-state index contributed by atoms with van der Waals surface area (Å²) in [6.07, 6.45) is 1.50. The van der Waals surface area contributed by atoms with Gasteiger partial charge < -0.3 is 10.1 Å². The molecule has 8 heteroatoms. The zero-order chi connectivity index (χ0) is 19.2. The maximum Gasteiger partial charge on any atom is 0.239 e. The monoisotopic (exact) mass is 380 g/mol. The van der Waals surface area contributed by atoms with Gasteiger partial charge in [0.15, 0.2) is 0 Å². The molecule has 0 aliphatic rings. The molecule has 0 atom stereocenters. The lowest BCUT2D eigenvalue weighted by Crippen LogP contribution is -2.38.